The van der Waals surface area contributed by atoms with Crippen LogP contribution in [0, 0.1) is 0 Å². The summed E-state index contributed by atoms with van der Waals surface area (Å²) >= 11 is 0. The van der Waals surface area contributed by atoms with E-state index < -0.39 is 0 Å². The SMILES string of the molecule is COc1cccc(CN2C(=O)COCC2c2cnccc2-c2ccc(OC)nc2)c1. The van der Waals surface area contributed by atoms with Crippen molar-refractivity contribution in [2.75, 3.05) is 27.4 Å². The van der Waals surface area contributed by atoms with E-state index in [-0.39, 0.29) is 18.6 Å². The van der Waals surface area contributed by atoms with Crippen molar-refractivity contribution in [3.8, 4) is 22.8 Å². The van der Waals surface area contributed by atoms with Gasteiger partial charge in [-0.1, -0.05) is 12.1 Å². The number of pyridine rings is 2. The minimum absolute atomic E-state index is 0.0586. The largest absolute Gasteiger partial charge is 0.497 e. The fraction of sp³-hybridized carbons (Fsp3) is 0.261. The minimum Gasteiger partial charge on any atom is -0.497 e. The molecular formula is C23H23N3O4. The molecule has 1 amide bonds. The maximum atomic E-state index is 12.8. The second-order valence-corrected chi connectivity index (χ2v) is 6.96. The molecule has 1 aromatic carbocycles. The van der Waals surface area contributed by atoms with Gasteiger partial charge in [0.2, 0.25) is 11.8 Å². The highest BCUT2D eigenvalue weighted by atomic mass is 16.5. The Hall–Kier alpha value is -3.45. The Morgan fingerprint density at radius 3 is 2.80 bits per heavy atom. The van der Waals surface area contributed by atoms with Gasteiger partial charge in [0.1, 0.15) is 12.4 Å². The topological polar surface area (TPSA) is 73.8 Å². The first kappa shape index (κ1) is 19.8. The van der Waals surface area contributed by atoms with Crippen molar-refractivity contribution in [2.45, 2.75) is 12.6 Å². The van der Waals surface area contributed by atoms with Gasteiger partial charge in [0.15, 0.2) is 0 Å². The number of carbonyl (C=O) groups excluding carboxylic acids is 1. The first-order valence-electron chi connectivity index (χ1n) is 9.64. The average molecular weight is 405 g/mol. The van der Waals surface area contributed by atoms with Crippen molar-refractivity contribution >= 4 is 5.91 Å². The molecule has 1 aliphatic rings. The highest BCUT2D eigenvalue weighted by molar-refractivity contribution is 5.79. The molecule has 154 valence electrons. The van der Waals surface area contributed by atoms with E-state index >= 15 is 0 Å². The Morgan fingerprint density at radius 1 is 1.13 bits per heavy atom. The van der Waals surface area contributed by atoms with Crippen LogP contribution in [-0.2, 0) is 16.1 Å². The van der Waals surface area contributed by atoms with Gasteiger partial charge >= 0.3 is 0 Å². The first-order valence-corrected chi connectivity index (χ1v) is 9.64. The van der Waals surface area contributed by atoms with Crippen molar-refractivity contribution in [2.24, 2.45) is 0 Å². The van der Waals surface area contributed by atoms with Crippen molar-refractivity contribution in [3.05, 3.63) is 72.2 Å². The zero-order chi connectivity index (χ0) is 20.9. The summed E-state index contributed by atoms with van der Waals surface area (Å²) in [5.41, 5.74) is 3.79. The maximum Gasteiger partial charge on any atom is 0.249 e. The fourth-order valence-electron chi connectivity index (χ4n) is 3.62. The van der Waals surface area contributed by atoms with Crippen LogP contribution in [0.1, 0.15) is 17.2 Å². The quantitative estimate of drug-likeness (QED) is 0.627. The molecule has 0 spiro atoms. The van der Waals surface area contributed by atoms with Crippen LogP contribution in [0.3, 0.4) is 0 Å². The molecule has 30 heavy (non-hydrogen) atoms. The van der Waals surface area contributed by atoms with Gasteiger partial charge in [0.05, 0.1) is 26.9 Å². The predicted octanol–water partition coefficient (Wildman–Crippen LogP) is 3.26. The van der Waals surface area contributed by atoms with E-state index in [1.165, 1.54) is 0 Å². The molecule has 0 saturated carbocycles. The molecule has 0 aliphatic carbocycles. The molecule has 1 unspecified atom stereocenters. The summed E-state index contributed by atoms with van der Waals surface area (Å²) in [6, 6.07) is 13.2. The number of ether oxygens (including phenoxy) is 3. The Morgan fingerprint density at radius 2 is 2.03 bits per heavy atom. The third kappa shape index (κ3) is 4.11. The summed E-state index contributed by atoms with van der Waals surface area (Å²) < 4.78 is 16.1. The van der Waals surface area contributed by atoms with E-state index in [1.54, 1.807) is 32.8 Å². The molecule has 0 N–H and O–H groups in total. The van der Waals surface area contributed by atoms with Crippen molar-refractivity contribution in [1.29, 1.82) is 0 Å². The number of morpholine rings is 1. The Kier molecular flexibility index (Phi) is 5.90. The van der Waals surface area contributed by atoms with E-state index in [2.05, 4.69) is 9.97 Å². The molecule has 3 aromatic rings. The minimum atomic E-state index is -0.261. The molecule has 2 aromatic heterocycles. The van der Waals surface area contributed by atoms with Gasteiger partial charge < -0.3 is 19.1 Å². The third-order valence-corrected chi connectivity index (χ3v) is 5.15. The number of hydrogen-bond acceptors (Lipinski definition) is 6. The zero-order valence-electron chi connectivity index (χ0n) is 16.9. The molecule has 1 fully saturated rings. The first-order chi connectivity index (χ1) is 14.7. The number of aromatic nitrogens is 2. The molecule has 4 rings (SSSR count). The van der Waals surface area contributed by atoms with Gasteiger partial charge in [-0.3, -0.25) is 9.78 Å². The van der Waals surface area contributed by atoms with Gasteiger partial charge in [0, 0.05) is 42.3 Å². The molecule has 0 radical (unpaired) electrons. The fourth-order valence-corrected chi connectivity index (χ4v) is 3.62. The lowest BCUT2D eigenvalue weighted by Gasteiger charge is -2.36. The number of methoxy groups -OCH3 is 2. The maximum absolute atomic E-state index is 12.8. The average Bonchev–Trinajstić information content (AvgIpc) is 2.80. The summed E-state index contributed by atoms with van der Waals surface area (Å²) in [5.74, 6) is 1.25. The van der Waals surface area contributed by atoms with Crippen LogP contribution < -0.4 is 9.47 Å². The number of carbonyl (C=O) groups is 1. The molecule has 1 aliphatic heterocycles. The van der Waals surface area contributed by atoms with Crippen LogP contribution in [-0.4, -0.2) is 48.2 Å². The van der Waals surface area contributed by atoms with Gasteiger partial charge in [0.25, 0.3) is 0 Å². The monoisotopic (exact) mass is 405 g/mol. The van der Waals surface area contributed by atoms with E-state index in [0.717, 1.165) is 28.0 Å². The van der Waals surface area contributed by atoms with Crippen LogP contribution in [0.25, 0.3) is 11.1 Å². The molecular weight excluding hydrogens is 382 g/mol. The van der Waals surface area contributed by atoms with E-state index in [4.69, 9.17) is 14.2 Å². The van der Waals surface area contributed by atoms with E-state index in [1.807, 2.05) is 47.4 Å². The summed E-state index contributed by atoms with van der Waals surface area (Å²) in [6.07, 6.45) is 5.29. The number of rotatable bonds is 6. The summed E-state index contributed by atoms with van der Waals surface area (Å²) in [6.45, 7) is 0.928. The summed E-state index contributed by atoms with van der Waals surface area (Å²) in [5, 5.41) is 0. The second kappa shape index (κ2) is 8.92. The van der Waals surface area contributed by atoms with E-state index in [0.29, 0.717) is 19.0 Å². The number of amides is 1. The van der Waals surface area contributed by atoms with Crippen molar-refractivity contribution in [3.63, 3.8) is 0 Å². The Balaban J connectivity index is 1.69. The van der Waals surface area contributed by atoms with Gasteiger partial charge in [-0.25, -0.2) is 4.98 Å². The molecule has 0 bridgehead atoms. The summed E-state index contributed by atoms with van der Waals surface area (Å²) in [7, 11) is 3.22. The number of benzene rings is 1. The standard InChI is InChI=1S/C23H23N3O4/c1-28-18-5-3-4-16(10-18)13-26-21(14-30-15-23(26)27)20-12-24-9-8-19(20)17-6-7-22(29-2)25-11-17/h3-12,21H,13-15H2,1-2H3. The normalized spacial score (nSPS) is 16.4. The summed E-state index contributed by atoms with van der Waals surface area (Å²) in [4.78, 5) is 23.3. The predicted molar refractivity (Wildman–Crippen MR) is 111 cm³/mol. The molecule has 3 heterocycles. The number of nitrogens with zero attached hydrogens (tertiary/aromatic N) is 3. The highest BCUT2D eigenvalue weighted by Crippen LogP contribution is 2.34. The van der Waals surface area contributed by atoms with Crippen LogP contribution >= 0.6 is 0 Å². The zero-order valence-corrected chi connectivity index (χ0v) is 16.9. The number of hydrogen-bond donors (Lipinski definition) is 0. The third-order valence-electron chi connectivity index (χ3n) is 5.15. The smallest absolute Gasteiger partial charge is 0.249 e. The molecule has 7 nitrogen and oxygen atoms in total. The van der Waals surface area contributed by atoms with Gasteiger partial charge in [-0.15, -0.1) is 0 Å². The lowest BCUT2D eigenvalue weighted by Crippen LogP contribution is -2.43. The van der Waals surface area contributed by atoms with Crippen LogP contribution in [0.5, 0.6) is 11.6 Å². The Labute approximate surface area is 175 Å². The lowest BCUT2D eigenvalue weighted by molar-refractivity contribution is -0.149. The van der Waals surface area contributed by atoms with Gasteiger partial charge in [-0.2, -0.15) is 0 Å². The van der Waals surface area contributed by atoms with Crippen molar-refractivity contribution < 1.29 is 19.0 Å². The second-order valence-electron chi connectivity index (χ2n) is 6.96. The van der Waals surface area contributed by atoms with Crippen molar-refractivity contribution in [1.82, 2.24) is 14.9 Å². The van der Waals surface area contributed by atoms with Gasteiger partial charge in [-0.05, 0) is 35.4 Å². The molecule has 7 heteroatoms. The van der Waals surface area contributed by atoms with Crippen LogP contribution in [0.15, 0.2) is 61.1 Å². The lowest BCUT2D eigenvalue weighted by atomic mass is 9.96. The molecule has 1 atom stereocenters. The Bertz CT molecular complexity index is 1020. The molecule has 1 saturated heterocycles. The van der Waals surface area contributed by atoms with E-state index in [9.17, 15) is 4.79 Å². The van der Waals surface area contributed by atoms with Crippen LogP contribution in [0.2, 0.25) is 0 Å². The van der Waals surface area contributed by atoms with Crippen LogP contribution in [0.4, 0.5) is 0 Å². The highest BCUT2D eigenvalue weighted by Gasteiger charge is 2.32.